The fourth-order valence-electron chi connectivity index (χ4n) is 10.1. The first-order chi connectivity index (χ1) is 48.6. The lowest BCUT2D eigenvalue weighted by Gasteiger charge is -2.26. The van der Waals surface area contributed by atoms with Crippen LogP contribution in [0.3, 0.4) is 0 Å². The van der Waals surface area contributed by atoms with Gasteiger partial charge in [0, 0.05) is 12.8 Å². The molecule has 0 saturated carbocycles. The molecule has 99 heavy (non-hydrogen) atoms. The third kappa shape index (κ3) is 79.1. The van der Waals surface area contributed by atoms with E-state index in [0.717, 1.165) is 167 Å². The number of aliphatic carboxylic acids is 1. The molecule has 0 radical (unpaired) electrons. The van der Waals surface area contributed by atoms with E-state index in [1.807, 2.05) is 21.1 Å². The Hall–Kier alpha value is -6.13. The maximum absolute atomic E-state index is 13.0. The minimum Gasteiger partial charge on any atom is -0.545 e. The third-order valence-corrected chi connectivity index (χ3v) is 16.0. The number of ether oxygens (including phenoxy) is 4. The zero-order chi connectivity index (χ0) is 71.8. The monoisotopic (exact) mass is 1370 g/mol. The molecule has 0 aromatic heterocycles. The highest BCUT2D eigenvalue weighted by atomic mass is 16.7. The largest absolute Gasteiger partial charge is 0.545 e. The van der Waals surface area contributed by atoms with Crippen molar-refractivity contribution in [1.29, 1.82) is 0 Å². The number of carbonyl (C=O) groups is 3. The maximum Gasteiger partial charge on any atom is 0.306 e. The molecule has 0 aliphatic rings. The second-order valence-electron chi connectivity index (χ2n) is 26.5. The standard InChI is InChI=1S/C90H143NO8/c1-6-8-10-12-14-16-18-20-22-24-26-28-30-32-34-36-38-40-41-42-43-44-45-46-47-49-51-53-55-57-59-61-63-65-67-69-71-73-75-77-79-81-88(93)99-86(85-98-90(89(94)95)96-83-82-91(3,4)5)84-97-87(92)80-78-76-74-72-70-68-66-64-62-60-58-56-54-52-50-48-39-37-35-33-31-29-27-25-23-21-19-17-15-13-11-9-7-2/h8-11,14-17,20-23,26-29,32-35,38-40,42-43,45-46,48-49,51-52,54-55,57,86,90H,6-7,12-13,18-19,24-25,30-31,36-37,41,44,47,50,53,56,58-85H2,1-5H3/b10-8-,11-9-,16-14-,17-15-,22-20-,23-21-,28-26-,29-27-,34-32-,35-33-,40-38-,43-42-,46-45-,48-39-,51-49-,54-52-,57-55-. The molecule has 0 N–H and O–H groups in total. The Labute approximate surface area is 607 Å². The van der Waals surface area contributed by atoms with Gasteiger partial charge in [0.15, 0.2) is 12.4 Å². The summed E-state index contributed by atoms with van der Waals surface area (Å²) in [5, 5.41) is 11.9. The van der Waals surface area contributed by atoms with Crippen LogP contribution in [0.25, 0.3) is 0 Å². The number of quaternary nitrogens is 1. The summed E-state index contributed by atoms with van der Waals surface area (Å²) in [6.07, 6.45) is 118. The fraction of sp³-hybridized carbons (Fsp3) is 0.589. The van der Waals surface area contributed by atoms with Gasteiger partial charge in [0.2, 0.25) is 0 Å². The van der Waals surface area contributed by atoms with Crippen molar-refractivity contribution in [3.63, 3.8) is 0 Å². The van der Waals surface area contributed by atoms with Gasteiger partial charge in [0.25, 0.3) is 0 Å². The van der Waals surface area contributed by atoms with Crippen molar-refractivity contribution in [3.05, 3.63) is 207 Å². The number of esters is 2. The molecule has 9 heteroatoms. The van der Waals surface area contributed by atoms with Crippen LogP contribution in [0.1, 0.15) is 284 Å². The van der Waals surface area contributed by atoms with Gasteiger partial charge >= 0.3 is 11.9 Å². The predicted molar refractivity (Wildman–Crippen MR) is 425 cm³/mol. The van der Waals surface area contributed by atoms with Crippen molar-refractivity contribution in [2.45, 2.75) is 296 Å². The van der Waals surface area contributed by atoms with Crippen molar-refractivity contribution in [3.8, 4) is 0 Å². The van der Waals surface area contributed by atoms with E-state index in [1.54, 1.807) is 0 Å². The van der Waals surface area contributed by atoms with Crippen LogP contribution >= 0.6 is 0 Å². The van der Waals surface area contributed by atoms with Gasteiger partial charge < -0.3 is 33.3 Å². The van der Waals surface area contributed by atoms with Crippen LogP contribution in [-0.2, 0) is 33.3 Å². The van der Waals surface area contributed by atoms with Gasteiger partial charge in [-0.1, -0.05) is 330 Å². The van der Waals surface area contributed by atoms with Gasteiger partial charge in [0.05, 0.1) is 40.3 Å². The number of likely N-dealkylation sites (N-methyl/N-ethyl adjacent to an activating group) is 1. The zero-order valence-corrected chi connectivity index (χ0v) is 63.5. The number of nitrogens with zero attached hydrogens (tertiary/aromatic N) is 1. The van der Waals surface area contributed by atoms with Gasteiger partial charge in [-0.15, -0.1) is 0 Å². The van der Waals surface area contributed by atoms with Gasteiger partial charge in [0.1, 0.15) is 13.2 Å². The van der Waals surface area contributed by atoms with Crippen molar-refractivity contribution in [2.75, 3.05) is 47.5 Å². The Morgan fingerprint density at radius 3 is 0.808 bits per heavy atom. The smallest absolute Gasteiger partial charge is 0.306 e. The van der Waals surface area contributed by atoms with Crippen LogP contribution in [0, 0.1) is 0 Å². The second-order valence-corrected chi connectivity index (χ2v) is 26.5. The predicted octanol–water partition coefficient (Wildman–Crippen LogP) is 24.1. The van der Waals surface area contributed by atoms with Gasteiger partial charge in [-0.05, 0) is 148 Å². The normalized spacial score (nSPS) is 13.8. The highest BCUT2D eigenvalue weighted by Gasteiger charge is 2.22. The molecule has 0 aliphatic heterocycles. The van der Waals surface area contributed by atoms with Gasteiger partial charge in [-0.2, -0.15) is 0 Å². The number of unbranched alkanes of at least 4 members (excludes halogenated alkanes) is 21. The summed E-state index contributed by atoms with van der Waals surface area (Å²) in [5.74, 6) is -2.31. The Balaban J connectivity index is 4.15. The van der Waals surface area contributed by atoms with Crippen LogP contribution in [0.2, 0.25) is 0 Å². The van der Waals surface area contributed by atoms with Crippen molar-refractivity contribution >= 4 is 17.9 Å². The Kier molecular flexibility index (Phi) is 72.8. The molecule has 2 atom stereocenters. The highest BCUT2D eigenvalue weighted by Crippen LogP contribution is 2.16. The van der Waals surface area contributed by atoms with E-state index in [2.05, 4.69) is 220 Å². The lowest BCUT2D eigenvalue weighted by atomic mass is 10.0. The zero-order valence-electron chi connectivity index (χ0n) is 63.5. The summed E-state index contributed by atoms with van der Waals surface area (Å²) in [7, 11) is 5.92. The second kappa shape index (κ2) is 77.6. The van der Waals surface area contributed by atoms with E-state index in [9.17, 15) is 19.5 Å². The number of rotatable bonds is 70. The molecular formula is C90H143NO8. The molecule has 2 unspecified atom stereocenters. The molecular weight excluding hydrogens is 1220 g/mol. The van der Waals surface area contributed by atoms with Crippen LogP contribution in [0.4, 0.5) is 0 Å². The Morgan fingerprint density at radius 2 is 0.545 bits per heavy atom. The van der Waals surface area contributed by atoms with E-state index in [-0.39, 0.29) is 38.6 Å². The third-order valence-electron chi connectivity index (χ3n) is 16.0. The minimum absolute atomic E-state index is 0.137. The molecule has 0 aromatic carbocycles. The average molecular weight is 1370 g/mol. The minimum atomic E-state index is -1.64. The summed E-state index contributed by atoms with van der Waals surface area (Å²) in [6, 6.07) is 0. The molecule has 0 rings (SSSR count). The number of hydrogen-bond donors (Lipinski definition) is 0. The summed E-state index contributed by atoms with van der Waals surface area (Å²) < 4.78 is 22.8. The quantitative estimate of drug-likeness (QED) is 0.0195. The first kappa shape index (κ1) is 92.9. The van der Waals surface area contributed by atoms with E-state index in [4.69, 9.17) is 18.9 Å². The number of hydrogen-bond acceptors (Lipinski definition) is 8. The highest BCUT2D eigenvalue weighted by molar-refractivity contribution is 5.70. The van der Waals surface area contributed by atoms with Crippen LogP contribution < -0.4 is 5.11 Å². The maximum atomic E-state index is 13.0. The Bertz CT molecular complexity index is 2390. The lowest BCUT2D eigenvalue weighted by molar-refractivity contribution is -0.870. The molecule has 0 heterocycles. The van der Waals surface area contributed by atoms with Crippen LogP contribution in [-0.4, -0.2) is 82.3 Å². The number of carboxylic acids is 1. The number of carbonyl (C=O) groups excluding carboxylic acids is 3. The average Bonchev–Trinajstić information content (AvgIpc) is 2.62. The molecule has 9 nitrogen and oxygen atoms in total. The van der Waals surface area contributed by atoms with Crippen molar-refractivity contribution < 1.29 is 42.9 Å². The molecule has 0 bridgehead atoms. The number of allylic oxidation sites excluding steroid dienone is 34. The van der Waals surface area contributed by atoms with Crippen molar-refractivity contribution in [2.24, 2.45) is 0 Å². The van der Waals surface area contributed by atoms with Crippen LogP contribution in [0.15, 0.2) is 207 Å². The van der Waals surface area contributed by atoms with Gasteiger partial charge in [-0.3, -0.25) is 9.59 Å². The summed E-state index contributed by atoms with van der Waals surface area (Å²) >= 11 is 0. The van der Waals surface area contributed by atoms with E-state index in [1.165, 1.54) is 83.5 Å². The van der Waals surface area contributed by atoms with E-state index >= 15 is 0 Å². The molecule has 0 saturated heterocycles. The summed E-state index contributed by atoms with van der Waals surface area (Å²) in [5.41, 5.74) is 0. The number of carboxylic acid groups (broad SMARTS) is 1. The first-order valence-electron chi connectivity index (χ1n) is 39.2. The first-order valence-corrected chi connectivity index (χ1v) is 39.2. The molecule has 0 aliphatic carbocycles. The molecule has 0 aromatic rings. The molecule has 0 spiro atoms. The van der Waals surface area contributed by atoms with E-state index in [0.29, 0.717) is 17.4 Å². The molecule has 0 fully saturated rings. The lowest BCUT2D eigenvalue weighted by Crippen LogP contribution is -2.44. The molecule has 0 amide bonds. The summed E-state index contributed by atoms with van der Waals surface area (Å²) in [6.45, 7) is 4.50. The topological polar surface area (TPSA) is 111 Å². The fourth-order valence-corrected chi connectivity index (χ4v) is 10.1. The summed E-state index contributed by atoms with van der Waals surface area (Å²) in [4.78, 5) is 37.6. The van der Waals surface area contributed by atoms with Crippen molar-refractivity contribution in [1.82, 2.24) is 0 Å². The molecule has 556 valence electrons. The Morgan fingerprint density at radius 1 is 0.303 bits per heavy atom. The van der Waals surface area contributed by atoms with E-state index < -0.39 is 24.3 Å². The van der Waals surface area contributed by atoms with Crippen LogP contribution in [0.5, 0.6) is 0 Å². The van der Waals surface area contributed by atoms with Gasteiger partial charge in [-0.25, -0.2) is 0 Å². The SMILES string of the molecule is CC/C=C\C/C=C\C/C=C\C/C=C\C/C=C\C/C=C\C/C=C\C/C=C\C/C=C\C/C=C\CCCCCCCCCCCCC(=O)OC(COC(=O)CCCCCCCCCCCCC/C=C\C/C=C\C/C=C\C/C=C\C/C=C\C/C=C\C/C=C\CC)COC(OCC[N+](C)(C)C)C(=O)[O-].